The standard InChI is InChI=1S/C13H13F2N3O2S/c1-18(7-3-6-17)21(19,20)13-10(4-2-5-16)8-11(14)9-12(13)15/h8-9H,3,5,7,16H2,1H3. The lowest BCUT2D eigenvalue weighted by molar-refractivity contribution is 0.467. The Morgan fingerprint density at radius 3 is 2.62 bits per heavy atom. The second kappa shape index (κ2) is 7.14. The van der Waals surface area contributed by atoms with Gasteiger partial charge in [0.05, 0.1) is 18.2 Å². The second-order valence-corrected chi connectivity index (χ2v) is 5.99. The van der Waals surface area contributed by atoms with Crippen molar-refractivity contribution in [3.8, 4) is 17.9 Å². The van der Waals surface area contributed by atoms with E-state index in [9.17, 15) is 17.2 Å². The molecule has 0 unspecified atom stereocenters. The van der Waals surface area contributed by atoms with Crippen molar-refractivity contribution < 1.29 is 17.2 Å². The van der Waals surface area contributed by atoms with E-state index in [0.29, 0.717) is 6.07 Å². The lowest BCUT2D eigenvalue weighted by Gasteiger charge is -2.17. The minimum absolute atomic E-state index is 0.0532. The van der Waals surface area contributed by atoms with E-state index >= 15 is 0 Å². The van der Waals surface area contributed by atoms with Gasteiger partial charge in [-0.1, -0.05) is 11.8 Å². The minimum atomic E-state index is -4.22. The number of nitrogens with zero attached hydrogens (tertiary/aromatic N) is 2. The van der Waals surface area contributed by atoms with Gasteiger partial charge in [0.1, 0.15) is 16.5 Å². The van der Waals surface area contributed by atoms with E-state index in [1.165, 1.54) is 7.05 Å². The van der Waals surface area contributed by atoms with Gasteiger partial charge in [-0.2, -0.15) is 9.57 Å². The molecule has 0 bridgehead atoms. The third-order valence-electron chi connectivity index (χ3n) is 2.54. The van der Waals surface area contributed by atoms with Gasteiger partial charge >= 0.3 is 0 Å². The van der Waals surface area contributed by atoms with Crippen LogP contribution in [0.5, 0.6) is 0 Å². The molecule has 1 aromatic rings. The number of nitriles is 1. The maximum Gasteiger partial charge on any atom is 0.247 e. The van der Waals surface area contributed by atoms with Gasteiger partial charge in [0.15, 0.2) is 0 Å². The molecule has 21 heavy (non-hydrogen) atoms. The summed E-state index contributed by atoms with van der Waals surface area (Å²) in [4.78, 5) is -0.717. The van der Waals surface area contributed by atoms with Gasteiger partial charge in [0.2, 0.25) is 10.0 Å². The summed E-state index contributed by atoms with van der Waals surface area (Å²) in [6.07, 6.45) is -0.0532. The summed E-state index contributed by atoms with van der Waals surface area (Å²) in [5, 5.41) is 8.48. The quantitative estimate of drug-likeness (QED) is 0.833. The number of sulfonamides is 1. The zero-order valence-corrected chi connectivity index (χ0v) is 12.0. The smallest absolute Gasteiger partial charge is 0.247 e. The van der Waals surface area contributed by atoms with Crippen LogP contribution in [0.1, 0.15) is 12.0 Å². The van der Waals surface area contributed by atoms with Crippen LogP contribution in [0.25, 0.3) is 0 Å². The molecule has 0 saturated heterocycles. The highest BCUT2D eigenvalue weighted by Gasteiger charge is 2.28. The van der Waals surface area contributed by atoms with Crippen LogP contribution in [0.4, 0.5) is 8.78 Å². The number of nitrogens with two attached hydrogens (primary N) is 1. The van der Waals surface area contributed by atoms with Crippen molar-refractivity contribution in [1.82, 2.24) is 4.31 Å². The molecule has 0 aromatic heterocycles. The Bertz CT molecular complexity index is 730. The molecule has 0 saturated carbocycles. The topological polar surface area (TPSA) is 87.2 Å². The predicted octanol–water partition coefficient (Wildman–Crippen LogP) is 0.809. The van der Waals surface area contributed by atoms with E-state index in [1.54, 1.807) is 6.07 Å². The fourth-order valence-electron chi connectivity index (χ4n) is 1.55. The molecule has 1 rings (SSSR count). The lowest BCUT2D eigenvalue weighted by Crippen LogP contribution is -2.29. The number of hydrogen-bond acceptors (Lipinski definition) is 4. The highest BCUT2D eigenvalue weighted by atomic mass is 32.2. The maximum atomic E-state index is 13.9. The third-order valence-corrected chi connectivity index (χ3v) is 4.47. The van der Waals surface area contributed by atoms with E-state index < -0.39 is 26.6 Å². The Morgan fingerprint density at radius 1 is 1.38 bits per heavy atom. The Hall–Kier alpha value is -2.00. The van der Waals surface area contributed by atoms with Gasteiger partial charge in [0, 0.05) is 26.1 Å². The van der Waals surface area contributed by atoms with Crippen molar-refractivity contribution in [2.75, 3.05) is 20.1 Å². The highest BCUT2D eigenvalue weighted by Crippen LogP contribution is 2.24. The second-order valence-electron chi connectivity index (χ2n) is 4.00. The van der Waals surface area contributed by atoms with E-state index in [1.807, 2.05) is 0 Å². The summed E-state index contributed by atoms with van der Waals surface area (Å²) >= 11 is 0. The van der Waals surface area contributed by atoms with E-state index in [-0.39, 0.29) is 25.1 Å². The summed E-state index contributed by atoms with van der Waals surface area (Å²) in [6.45, 7) is -0.193. The SMILES string of the molecule is CN(CCC#N)S(=O)(=O)c1c(F)cc(F)cc1C#CCN. The zero-order chi connectivity index (χ0) is 16.0. The average molecular weight is 313 g/mol. The predicted molar refractivity (Wildman–Crippen MR) is 72.3 cm³/mol. The first-order chi connectivity index (χ1) is 9.84. The first-order valence-corrected chi connectivity index (χ1v) is 7.30. The summed E-state index contributed by atoms with van der Waals surface area (Å²) in [7, 11) is -3.02. The fraction of sp³-hybridized carbons (Fsp3) is 0.308. The van der Waals surface area contributed by atoms with Crippen LogP contribution in [0.3, 0.4) is 0 Å². The summed E-state index contributed by atoms with van der Waals surface area (Å²) in [5.41, 5.74) is 4.88. The van der Waals surface area contributed by atoms with Gasteiger partial charge in [-0.25, -0.2) is 17.2 Å². The number of rotatable bonds is 4. The highest BCUT2D eigenvalue weighted by molar-refractivity contribution is 7.89. The van der Waals surface area contributed by atoms with Crippen LogP contribution in [-0.4, -0.2) is 32.9 Å². The normalized spacial score (nSPS) is 10.9. The molecule has 0 aliphatic heterocycles. The van der Waals surface area contributed by atoms with E-state index in [0.717, 1.165) is 10.4 Å². The minimum Gasteiger partial charge on any atom is -0.320 e. The molecule has 0 spiro atoms. The third kappa shape index (κ3) is 3.99. The first kappa shape index (κ1) is 17.1. The van der Waals surface area contributed by atoms with Crippen molar-refractivity contribution in [1.29, 1.82) is 5.26 Å². The Balaban J connectivity index is 3.44. The maximum absolute atomic E-state index is 13.9. The van der Waals surface area contributed by atoms with Crippen LogP contribution in [0.2, 0.25) is 0 Å². The van der Waals surface area contributed by atoms with Gasteiger partial charge in [0.25, 0.3) is 0 Å². The van der Waals surface area contributed by atoms with Crippen molar-refractivity contribution in [2.45, 2.75) is 11.3 Å². The molecule has 1 aromatic carbocycles. The molecule has 0 radical (unpaired) electrons. The summed E-state index contributed by atoms with van der Waals surface area (Å²) in [5.74, 6) is 2.54. The molecule has 0 aliphatic rings. The largest absolute Gasteiger partial charge is 0.320 e. The van der Waals surface area contributed by atoms with Crippen LogP contribution in [-0.2, 0) is 10.0 Å². The molecule has 5 nitrogen and oxygen atoms in total. The van der Waals surface area contributed by atoms with Crippen LogP contribution in [0.15, 0.2) is 17.0 Å². The van der Waals surface area contributed by atoms with Gasteiger partial charge < -0.3 is 5.73 Å². The molecule has 0 heterocycles. The van der Waals surface area contributed by atoms with Crippen LogP contribution in [0, 0.1) is 34.8 Å². The van der Waals surface area contributed by atoms with Crippen molar-refractivity contribution in [2.24, 2.45) is 5.73 Å². The van der Waals surface area contributed by atoms with Crippen molar-refractivity contribution in [3.05, 3.63) is 29.3 Å². The number of halogens is 2. The molecule has 8 heteroatoms. The number of benzene rings is 1. The Kier molecular flexibility index (Phi) is 5.79. The molecule has 0 fully saturated rings. The van der Waals surface area contributed by atoms with Crippen LogP contribution >= 0.6 is 0 Å². The Labute approximate surface area is 122 Å². The zero-order valence-electron chi connectivity index (χ0n) is 11.2. The Morgan fingerprint density at radius 2 is 2.05 bits per heavy atom. The van der Waals surface area contributed by atoms with E-state index in [4.69, 9.17) is 11.0 Å². The first-order valence-electron chi connectivity index (χ1n) is 5.86. The average Bonchev–Trinajstić information content (AvgIpc) is 2.41. The molecular weight excluding hydrogens is 300 g/mol. The molecule has 2 N–H and O–H groups in total. The van der Waals surface area contributed by atoms with E-state index in [2.05, 4.69) is 11.8 Å². The monoisotopic (exact) mass is 313 g/mol. The molecule has 112 valence electrons. The number of hydrogen-bond donors (Lipinski definition) is 1. The van der Waals surface area contributed by atoms with Gasteiger partial charge in [-0.3, -0.25) is 0 Å². The van der Waals surface area contributed by atoms with Crippen molar-refractivity contribution >= 4 is 10.0 Å². The fourth-order valence-corrected chi connectivity index (χ4v) is 2.88. The van der Waals surface area contributed by atoms with Crippen molar-refractivity contribution in [3.63, 3.8) is 0 Å². The molecule has 0 aliphatic carbocycles. The van der Waals surface area contributed by atoms with Gasteiger partial charge in [-0.05, 0) is 6.07 Å². The summed E-state index contributed by atoms with van der Waals surface area (Å²) < 4.78 is 52.6. The van der Waals surface area contributed by atoms with Gasteiger partial charge in [-0.15, -0.1) is 0 Å². The summed E-state index contributed by atoms with van der Waals surface area (Å²) in [6, 6.07) is 3.09. The molecular formula is C13H13F2N3O2S. The molecule has 0 atom stereocenters. The van der Waals surface area contributed by atoms with Crippen LogP contribution < -0.4 is 5.73 Å². The molecule has 0 amide bonds. The lowest BCUT2D eigenvalue weighted by atomic mass is 10.2.